The van der Waals surface area contributed by atoms with Gasteiger partial charge < -0.3 is 5.73 Å². The molecule has 0 saturated heterocycles. The fourth-order valence-corrected chi connectivity index (χ4v) is 1.76. The molecular weight excluding hydrogens is 219 g/mol. The topological polar surface area (TPSA) is 56.2 Å². The van der Waals surface area contributed by atoms with E-state index in [9.17, 15) is 4.39 Å². The van der Waals surface area contributed by atoms with Crippen LogP contribution in [0.25, 0.3) is 17.0 Å². The first-order valence-corrected chi connectivity index (χ1v) is 5.09. The van der Waals surface area contributed by atoms with E-state index in [-0.39, 0.29) is 5.82 Å². The van der Waals surface area contributed by atoms with Gasteiger partial charge in [0.1, 0.15) is 5.82 Å². The largest absolute Gasteiger partial charge is 0.396 e. The summed E-state index contributed by atoms with van der Waals surface area (Å²) in [4.78, 5) is 8.17. The van der Waals surface area contributed by atoms with Crippen molar-refractivity contribution in [3.63, 3.8) is 0 Å². The summed E-state index contributed by atoms with van der Waals surface area (Å²) in [6.45, 7) is 0. The summed E-state index contributed by atoms with van der Waals surface area (Å²) < 4.78 is 15.4. The summed E-state index contributed by atoms with van der Waals surface area (Å²) in [5, 5.41) is 0. The molecule has 0 bridgehead atoms. The Bertz CT molecular complexity index is 690. The Labute approximate surface area is 96.6 Å². The van der Waals surface area contributed by atoms with E-state index in [4.69, 9.17) is 5.73 Å². The second-order valence-electron chi connectivity index (χ2n) is 3.68. The fourth-order valence-electron chi connectivity index (χ4n) is 1.76. The van der Waals surface area contributed by atoms with Crippen LogP contribution in [0.15, 0.2) is 42.9 Å². The average molecular weight is 228 g/mol. The second-order valence-corrected chi connectivity index (χ2v) is 3.68. The number of nitrogens with two attached hydrogens (primary N) is 1. The molecule has 0 radical (unpaired) electrons. The molecular formula is C12H9FN4. The Hall–Kier alpha value is -2.43. The zero-order chi connectivity index (χ0) is 11.8. The van der Waals surface area contributed by atoms with Gasteiger partial charge in [-0.05, 0) is 12.1 Å². The molecule has 17 heavy (non-hydrogen) atoms. The molecule has 4 nitrogen and oxygen atoms in total. The van der Waals surface area contributed by atoms with Gasteiger partial charge in [0.15, 0.2) is 0 Å². The SMILES string of the molecule is Nc1cnc2ncc(-c3ccccc3F)n2c1. The number of hydrogen-bond acceptors (Lipinski definition) is 3. The van der Waals surface area contributed by atoms with Crippen molar-refractivity contribution in [2.75, 3.05) is 5.73 Å². The van der Waals surface area contributed by atoms with Crippen molar-refractivity contribution in [3.8, 4) is 11.3 Å². The molecule has 0 aliphatic carbocycles. The number of nitrogen functional groups attached to an aromatic ring is 1. The highest BCUT2D eigenvalue weighted by Gasteiger charge is 2.10. The van der Waals surface area contributed by atoms with Crippen LogP contribution in [0, 0.1) is 5.82 Å². The Balaban J connectivity index is 2.31. The van der Waals surface area contributed by atoms with Crippen molar-refractivity contribution in [2.24, 2.45) is 0 Å². The molecule has 5 heteroatoms. The first kappa shape index (κ1) is 9.77. The molecule has 2 N–H and O–H groups in total. The molecule has 0 aliphatic heterocycles. The maximum Gasteiger partial charge on any atom is 0.234 e. The Kier molecular flexibility index (Phi) is 2.04. The lowest BCUT2D eigenvalue weighted by atomic mass is 10.1. The zero-order valence-corrected chi connectivity index (χ0v) is 8.84. The van der Waals surface area contributed by atoms with Gasteiger partial charge in [-0.2, -0.15) is 0 Å². The van der Waals surface area contributed by atoms with Crippen LogP contribution in [0.2, 0.25) is 0 Å². The molecule has 0 saturated carbocycles. The van der Waals surface area contributed by atoms with E-state index in [1.165, 1.54) is 12.3 Å². The molecule has 3 aromatic rings. The van der Waals surface area contributed by atoms with Crippen molar-refractivity contribution in [3.05, 3.63) is 48.7 Å². The molecule has 0 atom stereocenters. The lowest BCUT2D eigenvalue weighted by Crippen LogP contribution is -1.95. The lowest BCUT2D eigenvalue weighted by Gasteiger charge is -2.03. The molecule has 1 aromatic carbocycles. The van der Waals surface area contributed by atoms with Crippen LogP contribution in [0.3, 0.4) is 0 Å². The first-order chi connectivity index (χ1) is 8.25. The Morgan fingerprint density at radius 3 is 2.71 bits per heavy atom. The molecule has 0 unspecified atom stereocenters. The van der Waals surface area contributed by atoms with Crippen LogP contribution in [-0.4, -0.2) is 14.4 Å². The van der Waals surface area contributed by atoms with Crippen LogP contribution in [0.5, 0.6) is 0 Å². The third-order valence-electron chi connectivity index (χ3n) is 2.53. The van der Waals surface area contributed by atoms with E-state index in [1.54, 1.807) is 35.0 Å². The minimum Gasteiger partial charge on any atom is -0.396 e. The number of anilines is 1. The highest BCUT2D eigenvalue weighted by atomic mass is 19.1. The van der Waals surface area contributed by atoms with Gasteiger partial charge in [-0.1, -0.05) is 12.1 Å². The summed E-state index contributed by atoms with van der Waals surface area (Å²) in [5.41, 5.74) is 7.29. The maximum absolute atomic E-state index is 13.7. The highest BCUT2D eigenvalue weighted by molar-refractivity contribution is 5.63. The predicted molar refractivity (Wildman–Crippen MR) is 62.8 cm³/mol. The van der Waals surface area contributed by atoms with Gasteiger partial charge in [0, 0.05) is 11.8 Å². The molecule has 0 fully saturated rings. The Morgan fingerprint density at radius 1 is 1.12 bits per heavy atom. The maximum atomic E-state index is 13.7. The van der Waals surface area contributed by atoms with Crippen molar-refractivity contribution in [2.45, 2.75) is 0 Å². The second kappa shape index (κ2) is 3.55. The number of rotatable bonds is 1. The molecule has 84 valence electrons. The van der Waals surface area contributed by atoms with Crippen molar-refractivity contribution < 1.29 is 4.39 Å². The molecule has 2 aromatic heterocycles. The van der Waals surface area contributed by atoms with Crippen molar-refractivity contribution in [1.29, 1.82) is 0 Å². The number of benzene rings is 1. The standard InChI is InChI=1S/C12H9FN4/c13-10-4-2-1-3-9(10)11-6-16-12-15-5-8(14)7-17(11)12/h1-7H,14H2. The smallest absolute Gasteiger partial charge is 0.234 e. The third-order valence-corrected chi connectivity index (χ3v) is 2.53. The Morgan fingerprint density at radius 2 is 1.88 bits per heavy atom. The quantitative estimate of drug-likeness (QED) is 0.694. The van der Waals surface area contributed by atoms with E-state index < -0.39 is 0 Å². The number of fused-ring (bicyclic) bond motifs is 1. The van der Waals surface area contributed by atoms with Gasteiger partial charge in [0.2, 0.25) is 5.78 Å². The number of nitrogens with zero attached hydrogens (tertiary/aromatic N) is 3. The van der Waals surface area contributed by atoms with E-state index in [2.05, 4.69) is 9.97 Å². The molecule has 2 heterocycles. The van der Waals surface area contributed by atoms with Crippen molar-refractivity contribution >= 4 is 11.5 Å². The minimum atomic E-state index is -0.295. The minimum absolute atomic E-state index is 0.295. The lowest BCUT2D eigenvalue weighted by molar-refractivity contribution is 0.630. The molecule has 0 aliphatic rings. The summed E-state index contributed by atoms with van der Waals surface area (Å²) >= 11 is 0. The molecule has 0 spiro atoms. The zero-order valence-electron chi connectivity index (χ0n) is 8.84. The van der Waals surface area contributed by atoms with E-state index in [0.29, 0.717) is 22.7 Å². The summed E-state index contributed by atoms with van der Waals surface area (Å²) in [7, 11) is 0. The number of imidazole rings is 1. The van der Waals surface area contributed by atoms with Gasteiger partial charge in [-0.3, -0.25) is 4.40 Å². The highest BCUT2D eigenvalue weighted by Crippen LogP contribution is 2.23. The normalized spacial score (nSPS) is 10.9. The summed E-state index contributed by atoms with van der Waals surface area (Å²) in [5.74, 6) is 0.203. The van der Waals surface area contributed by atoms with Gasteiger partial charge in [0.05, 0.1) is 23.8 Å². The van der Waals surface area contributed by atoms with Crippen molar-refractivity contribution in [1.82, 2.24) is 14.4 Å². The summed E-state index contributed by atoms with van der Waals surface area (Å²) in [6, 6.07) is 6.53. The van der Waals surface area contributed by atoms with Gasteiger partial charge in [-0.15, -0.1) is 0 Å². The van der Waals surface area contributed by atoms with Crippen LogP contribution in [-0.2, 0) is 0 Å². The first-order valence-electron chi connectivity index (χ1n) is 5.09. The number of aromatic nitrogens is 3. The number of hydrogen-bond donors (Lipinski definition) is 1. The van der Waals surface area contributed by atoms with Gasteiger partial charge >= 0.3 is 0 Å². The molecule has 3 rings (SSSR count). The average Bonchev–Trinajstić information content (AvgIpc) is 2.72. The van der Waals surface area contributed by atoms with Gasteiger partial charge in [0.25, 0.3) is 0 Å². The third kappa shape index (κ3) is 1.52. The summed E-state index contributed by atoms with van der Waals surface area (Å²) in [6.07, 6.45) is 4.78. The number of halogens is 1. The monoisotopic (exact) mass is 228 g/mol. The van der Waals surface area contributed by atoms with Crippen LogP contribution in [0.1, 0.15) is 0 Å². The van der Waals surface area contributed by atoms with E-state index in [0.717, 1.165) is 0 Å². The van der Waals surface area contributed by atoms with Crippen LogP contribution < -0.4 is 5.73 Å². The van der Waals surface area contributed by atoms with E-state index in [1.807, 2.05) is 0 Å². The predicted octanol–water partition coefficient (Wildman–Crippen LogP) is 2.12. The van der Waals surface area contributed by atoms with E-state index >= 15 is 0 Å². The molecule has 0 amide bonds. The van der Waals surface area contributed by atoms with Crippen LogP contribution >= 0.6 is 0 Å². The van der Waals surface area contributed by atoms with Crippen LogP contribution in [0.4, 0.5) is 10.1 Å². The fraction of sp³-hybridized carbons (Fsp3) is 0. The van der Waals surface area contributed by atoms with Gasteiger partial charge in [-0.25, -0.2) is 14.4 Å².